The van der Waals surface area contributed by atoms with Crippen LogP contribution in [0.4, 0.5) is 5.69 Å². The van der Waals surface area contributed by atoms with E-state index in [9.17, 15) is 21.6 Å². The molecule has 1 amide bonds. The Morgan fingerprint density at radius 3 is 1.77 bits per heavy atom. The summed E-state index contributed by atoms with van der Waals surface area (Å²) in [5.74, 6) is -1.32. The van der Waals surface area contributed by atoms with E-state index in [1.54, 1.807) is 31.3 Å². The maximum Gasteiger partial charge on any atom is 0.339 e. The largest absolute Gasteiger partial charge is 0.495 e. The Kier molecular flexibility index (Phi) is 8.32. The van der Waals surface area contributed by atoms with Crippen LogP contribution in [0.1, 0.15) is 38.2 Å². The van der Waals surface area contributed by atoms with Gasteiger partial charge in [-0.05, 0) is 68.3 Å². The summed E-state index contributed by atoms with van der Waals surface area (Å²) >= 11 is 0. The van der Waals surface area contributed by atoms with Gasteiger partial charge < -0.3 is 23.3 Å². The van der Waals surface area contributed by atoms with Crippen molar-refractivity contribution >= 4 is 31.8 Å². The van der Waals surface area contributed by atoms with Gasteiger partial charge in [0.15, 0.2) is 11.5 Å². The molecule has 0 saturated carbocycles. The number of nitrogens with one attached hydrogen (secondary N) is 1. The van der Waals surface area contributed by atoms with Gasteiger partial charge in [-0.3, -0.25) is 4.79 Å². The minimum atomic E-state index is -4.47. The Hall–Kier alpha value is -4.55. The van der Waals surface area contributed by atoms with Gasteiger partial charge in [0.1, 0.15) is 21.1 Å². The highest BCUT2D eigenvalue weighted by Gasteiger charge is 2.34. The van der Waals surface area contributed by atoms with E-state index in [1.807, 2.05) is 32.0 Å². The van der Waals surface area contributed by atoms with E-state index < -0.39 is 31.9 Å². The van der Waals surface area contributed by atoms with Gasteiger partial charge in [-0.15, -0.1) is 0 Å². The topological polar surface area (TPSA) is 128 Å². The number of amides is 1. The number of anilines is 1. The molecule has 0 unspecified atom stereocenters. The van der Waals surface area contributed by atoms with Crippen LogP contribution in [-0.4, -0.2) is 41.8 Å². The van der Waals surface area contributed by atoms with Gasteiger partial charge in [-0.25, -0.2) is 0 Å². The highest BCUT2D eigenvalue weighted by molar-refractivity contribution is 7.87. The fourth-order valence-corrected chi connectivity index (χ4v) is 6.82. The van der Waals surface area contributed by atoms with Gasteiger partial charge in [0.05, 0.1) is 7.11 Å². The number of hydrogen-bond donors (Lipinski definition) is 1. The second-order valence-corrected chi connectivity index (χ2v) is 13.6. The van der Waals surface area contributed by atoms with Crippen molar-refractivity contribution in [2.24, 2.45) is 0 Å². The molecule has 1 heterocycles. The van der Waals surface area contributed by atoms with Crippen molar-refractivity contribution in [3.63, 3.8) is 0 Å². The summed E-state index contributed by atoms with van der Waals surface area (Å²) in [6.45, 7) is 5.68. The number of rotatable bonds is 9. The second kappa shape index (κ2) is 11.9. The van der Waals surface area contributed by atoms with Crippen molar-refractivity contribution in [3.05, 3.63) is 106 Å². The second-order valence-electron chi connectivity index (χ2n) is 10.5. The fourth-order valence-electron chi connectivity index (χ4n) is 4.91. The molecule has 10 nitrogen and oxygen atoms in total. The lowest BCUT2D eigenvalue weighted by Gasteiger charge is -2.22. The van der Waals surface area contributed by atoms with E-state index in [-0.39, 0.29) is 45.5 Å². The number of hydrogen-bond acceptors (Lipinski definition) is 9. The maximum absolute atomic E-state index is 14.1. The number of methoxy groups -OCH3 is 1. The van der Waals surface area contributed by atoms with Crippen LogP contribution >= 0.6 is 0 Å². The van der Waals surface area contributed by atoms with Crippen molar-refractivity contribution in [3.8, 4) is 17.2 Å². The van der Waals surface area contributed by atoms with Crippen LogP contribution in [0, 0.1) is 20.8 Å². The average molecular weight is 637 g/mol. The zero-order valence-electron chi connectivity index (χ0n) is 24.9. The number of nitrogens with zero attached hydrogens (tertiary/aromatic N) is 1. The molecule has 5 rings (SSSR count). The Balaban J connectivity index is 1.62. The van der Waals surface area contributed by atoms with Gasteiger partial charge in [-0.2, -0.15) is 16.8 Å². The van der Waals surface area contributed by atoms with E-state index in [0.29, 0.717) is 0 Å². The SMILES string of the molecule is CNc1ccc2c(c1)CN(C(=O)c1c(OS(=O)(=O)c3ccc(C)cc3)cc(OS(=O)(=O)c3ccc(C)cc3)c(C)c1OC)C2. The predicted molar refractivity (Wildman–Crippen MR) is 165 cm³/mol. The molecule has 0 radical (unpaired) electrons. The van der Waals surface area contributed by atoms with E-state index in [0.717, 1.165) is 34.0 Å². The number of carbonyl (C=O) groups excluding carboxylic acids is 1. The van der Waals surface area contributed by atoms with Crippen LogP contribution < -0.4 is 18.4 Å². The lowest BCUT2D eigenvalue weighted by Crippen LogP contribution is -2.27. The van der Waals surface area contributed by atoms with Crippen molar-refractivity contribution in [1.29, 1.82) is 0 Å². The molecule has 0 bridgehead atoms. The summed E-state index contributed by atoms with van der Waals surface area (Å²) < 4.78 is 70.0. The summed E-state index contributed by atoms with van der Waals surface area (Å²) in [4.78, 5) is 15.4. The first-order chi connectivity index (χ1) is 20.8. The van der Waals surface area contributed by atoms with E-state index in [2.05, 4.69) is 5.32 Å². The summed E-state index contributed by atoms with van der Waals surface area (Å²) in [6.07, 6.45) is 0. The lowest BCUT2D eigenvalue weighted by molar-refractivity contribution is 0.0746. The molecule has 0 aliphatic carbocycles. The summed E-state index contributed by atoms with van der Waals surface area (Å²) in [5, 5.41) is 3.08. The van der Waals surface area contributed by atoms with Crippen LogP contribution in [0.25, 0.3) is 0 Å². The Morgan fingerprint density at radius 2 is 1.25 bits per heavy atom. The van der Waals surface area contributed by atoms with Gasteiger partial charge in [0, 0.05) is 37.5 Å². The zero-order valence-corrected chi connectivity index (χ0v) is 26.5. The molecule has 4 aromatic carbocycles. The average Bonchev–Trinajstić information content (AvgIpc) is 3.42. The number of aryl methyl sites for hydroxylation is 2. The number of ether oxygens (including phenoxy) is 1. The van der Waals surface area contributed by atoms with E-state index in [1.165, 1.54) is 43.2 Å². The molecule has 1 N–H and O–H groups in total. The molecule has 44 heavy (non-hydrogen) atoms. The van der Waals surface area contributed by atoms with Crippen LogP contribution in [-0.2, 0) is 33.3 Å². The molecule has 0 atom stereocenters. The Morgan fingerprint density at radius 1 is 0.727 bits per heavy atom. The first-order valence-electron chi connectivity index (χ1n) is 13.7. The van der Waals surface area contributed by atoms with Crippen molar-refractivity contribution in [1.82, 2.24) is 4.90 Å². The summed E-state index contributed by atoms with van der Waals surface area (Å²) in [7, 11) is -5.72. The molecule has 0 fully saturated rings. The predicted octanol–water partition coefficient (Wildman–Crippen LogP) is 5.35. The smallest absolute Gasteiger partial charge is 0.339 e. The molecular formula is C32H32N2O8S2. The van der Waals surface area contributed by atoms with E-state index in [4.69, 9.17) is 13.1 Å². The first-order valence-corrected chi connectivity index (χ1v) is 16.5. The van der Waals surface area contributed by atoms with Crippen LogP contribution in [0.5, 0.6) is 17.2 Å². The van der Waals surface area contributed by atoms with Gasteiger partial charge >= 0.3 is 20.2 Å². The van der Waals surface area contributed by atoms with Crippen LogP contribution in [0.2, 0.25) is 0 Å². The monoisotopic (exact) mass is 636 g/mol. The van der Waals surface area contributed by atoms with Gasteiger partial charge in [0.25, 0.3) is 5.91 Å². The van der Waals surface area contributed by atoms with Crippen LogP contribution in [0.15, 0.2) is 82.6 Å². The number of benzene rings is 4. The molecule has 0 aromatic heterocycles. The lowest BCUT2D eigenvalue weighted by atomic mass is 10.1. The van der Waals surface area contributed by atoms with Crippen molar-refractivity contribution in [2.45, 2.75) is 43.7 Å². The molecule has 1 aliphatic rings. The molecule has 0 saturated heterocycles. The molecular weight excluding hydrogens is 604 g/mol. The van der Waals surface area contributed by atoms with Crippen molar-refractivity contribution in [2.75, 3.05) is 19.5 Å². The number of carbonyl (C=O) groups is 1. The molecule has 230 valence electrons. The van der Waals surface area contributed by atoms with E-state index >= 15 is 0 Å². The molecule has 12 heteroatoms. The van der Waals surface area contributed by atoms with Crippen molar-refractivity contribution < 1.29 is 34.7 Å². The summed E-state index contributed by atoms with van der Waals surface area (Å²) in [6, 6.07) is 18.9. The van der Waals surface area contributed by atoms with Gasteiger partial charge in [0.2, 0.25) is 0 Å². The minimum Gasteiger partial charge on any atom is -0.495 e. The maximum atomic E-state index is 14.1. The quantitative estimate of drug-likeness (QED) is 0.242. The first kappa shape index (κ1) is 30.9. The third-order valence-corrected chi connectivity index (χ3v) is 9.88. The van der Waals surface area contributed by atoms with Crippen LogP contribution in [0.3, 0.4) is 0 Å². The molecule has 1 aliphatic heterocycles. The van der Waals surface area contributed by atoms with Gasteiger partial charge in [-0.1, -0.05) is 41.5 Å². The third kappa shape index (κ3) is 6.08. The highest BCUT2D eigenvalue weighted by atomic mass is 32.2. The highest BCUT2D eigenvalue weighted by Crippen LogP contribution is 2.42. The zero-order chi connectivity index (χ0) is 31.8. The minimum absolute atomic E-state index is 0.0763. The Bertz CT molecular complexity index is 1960. The summed E-state index contributed by atoms with van der Waals surface area (Å²) in [5.41, 5.74) is 4.43. The third-order valence-electron chi connectivity index (χ3n) is 7.39. The Labute approximate surface area is 257 Å². The molecule has 0 spiro atoms. The fraction of sp³-hybridized carbons (Fsp3) is 0.219. The molecule has 4 aromatic rings. The normalized spacial score (nSPS) is 12.9. The standard InChI is InChI=1S/C32H32N2O8S2/c1-20-6-12-26(13-7-20)43(36,37)41-28-17-29(42-44(38,39)27-14-8-21(2)9-15-27)30(31(40-5)22(28)3)32(35)34-18-23-10-11-25(33-4)16-24(23)19-34/h6-17,33H,18-19H2,1-5H3. The number of fused-ring (bicyclic) bond motifs is 1.